The number of amides is 1. The van der Waals surface area contributed by atoms with E-state index in [2.05, 4.69) is 9.84 Å². The molecule has 0 fully saturated rings. The fraction of sp³-hybridized carbons (Fsp3) is 0.385. The summed E-state index contributed by atoms with van der Waals surface area (Å²) in [6.07, 6.45) is -3.68. The van der Waals surface area contributed by atoms with Gasteiger partial charge in [-0.25, -0.2) is 5.01 Å². The molecule has 0 radical (unpaired) electrons. The van der Waals surface area contributed by atoms with Crippen LogP contribution in [0.4, 0.5) is 13.2 Å². The first kappa shape index (κ1) is 14.4. The summed E-state index contributed by atoms with van der Waals surface area (Å²) >= 11 is 0. The average Bonchev–Trinajstić information content (AvgIpc) is 2.71. The standard InChI is InChI=1S/C13H13F3N2O2/c1-2-10-7-12(19)18(17-10)8-9-3-5-11(6-4-9)20-13(14,15)16/h3-6H,2,7-8H2,1H3. The van der Waals surface area contributed by atoms with Gasteiger partial charge in [0, 0.05) is 5.71 Å². The number of halogens is 3. The zero-order valence-corrected chi connectivity index (χ0v) is 10.8. The van der Waals surface area contributed by atoms with E-state index in [1.165, 1.54) is 29.3 Å². The minimum Gasteiger partial charge on any atom is -0.406 e. The summed E-state index contributed by atoms with van der Waals surface area (Å²) in [5.74, 6) is -0.385. The summed E-state index contributed by atoms with van der Waals surface area (Å²) in [5.41, 5.74) is 1.50. The third-order valence-electron chi connectivity index (χ3n) is 2.80. The lowest BCUT2D eigenvalue weighted by atomic mass is 10.2. The molecule has 7 heteroatoms. The Morgan fingerprint density at radius 2 is 1.95 bits per heavy atom. The summed E-state index contributed by atoms with van der Waals surface area (Å²) in [6.45, 7) is 2.16. The minimum absolute atomic E-state index is 0.0996. The van der Waals surface area contributed by atoms with Crippen LogP contribution in [-0.4, -0.2) is 23.0 Å². The lowest BCUT2D eigenvalue weighted by molar-refractivity contribution is -0.274. The summed E-state index contributed by atoms with van der Waals surface area (Å²) in [4.78, 5) is 11.6. The van der Waals surface area contributed by atoms with Gasteiger partial charge in [0.15, 0.2) is 0 Å². The molecule has 0 bridgehead atoms. The van der Waals surface area contributed by atoms with Crippen molar-refractivity contribution in [3.05, 3.63) is 29.8 Å². The quantitative estimate of drug-likeness (QED) is 0.853. The van der Waals surface area contributed by atoms with Crippen LogP contribution in [0, 0.1) is 0 Å². The Morgan fingerprint density at radius 3 is 2.45 bits per heavy atom. The van der Waals surface area contributed by atoms with E-state index in [1.54, 1.807) is 0 Å². The van der Waals surface area contributed by atoms with Gasteiger partial charge in [-0.2, -0.15) is 5.10 Å². The van der Waals surface area contributed by atoms with E-state index in [0.717, 1.165) is 5.71 Å². The molecule has 1 heterocycles. The predicted molar refractivity (Wildman–Crippen MR) is 66.0 cm³/mol. The Morgan fingerprint density at radius 1 is 1.30 bits per heavy atom. The van der Waals surface area contributed by atoms with Crippen molar-refractivity contribution in [1.29, 1.82) is 0 Å². The molecule has 0 saturated carbocycles. The van der Waals surface area contributed by atoms with Gasteiger partial charge in [0.2, 0.25) is 5.91 Å². The molecule has 1 aliphatic rings. The van der Waals surface area contributed by atoms with Crippen molar-refractivity contribution < 1.29 is 22.7 Å². The zero-order valence-electron chi connectivity index (χ0n) is 10.8. The van der Waals surface area contributed by atoms with E-state index in [1.807, 2.05) is 6.92 Å². The molecule has 0 aromatic heterocycles. The molecule has 1 aromatic carbocycles. The second kappa shape index (κ2) is 5.52. The van der Waals surface area contributed by atoms with E-state index in [4.69, 9.17) is 0 Å². The molecule has 0 aliphatic carbocycles. The van der Waals surface area contributed by atoms with Crippen molar-refractivity contribution in [2.24, 2.45) is 5.10 Å². The fourth-order valence-corrected chi connectivity index (χ4v) is 1.82. The molecule has 20 heavy (non-hydrogen) atoms. The topological polar surface area (TPSA) is 41.9 Å². The molecule has 4 nitrogen and oxygen atoms in total. The Bertz CT molecular complexity index is 523. The molecule has 0 saturated heterocycles. The molecule has 0 spiro atoms. The van der Waals surface area contributed by atoms with Gasteiger partial charge >= 0.3 is 6.36 Å². The Labute approximate surface area is 113 Å². The van der Waals surface area contributed by atoms with Crippen molar-refractivity contribution in [2.75, 3.05) is 0 Å². The maximum Gasteiger partial charge on any atom is 0.573 e. The highest BCUT2D eigenvalue weighted by Gasteiger charge is 2.31. The molecule has 108 valence electrons. The zero-order chi connectivity index (χ0) is 14.8. The van der Waals surface area contributed by atoms with Gasteiger partial charge in [-0.3, -0.25) is 4.79 Å². The van der Waals surface area contributed by atoms with Crippen molar-refractivity contribution in [3.63, 3.8) is 0 Å². The number of hydrogen-bond acceptors (Lipinski definition) is 3. The van der Waals surface area contributed by atoms with Crippen molar-refractivity contribution in [3.8, 4) is 5.75 Å². The van der Waals surface area contributed by atoms with Gasteiger partial charge < -0.3 is 4.74 Å². The third kappa shape index (κ3) is 3.72. The number of carbonyl (C=O) groups is 1. The van der Waals surface area contributed by atoms with Crippen LogP contribution < -0.4 is 4.74 Å². The molecule has 2 rings (SSSR count). The van der Waals surface area contributed by atoms with Crippen LogP contribution in [0.1, 0.15) is 25.3 Å². The summed E-state index contributed by atoms with van der Waals surface area (Å²) in [5, 5.41) is 5.49. The van der Waals surface area contributed by atoms with Crippen LogP contribution in [0.2, 0.25) is 0 Å². The smallest absolute Gasteiger partial charge is 0.406 e. The number of alkyl halides is 3. The molecule has 0 unspecified atom stereocenters. The number of hydrazone groups is 1. The van der Waals surface area contributed by atoms with Crippen LogP contribution in [0.3, 0.4) is 0 Å². The van der Waals surface area contributed by atoms with E-state index in [-0.39, 0.29) is 18.2 Å². The van der Waals surface area contributed by atoms with Crippen molar-refractivity contribution >= 4 is 11.6 Å². The first-order valence-corrected chi connectivity index (χ1v) is 6.09. The van der Waals surface area contributed by atoms with E-state index >= 15 is 0 Å². The molecule has 0 atom stereocenters. The lowest BCUT2D eigenvalue weighted by Gasteiger charge is -2.13. The Balaban J connectivity index is 2.01. The predicted octanol–water partition coefficient (Wildman–Crippen LogP) is 3.08. The maximum atomic E-state index is 12.0. The monoisotopic (exact) mass is 286 g/mol. The van der Waals surface area contributed by atoms with Crippen molar-refractivity contribution in [2.45, 2.75) is 32.7 Å². The van der Waals surface area contributed by atoms with Crippen LogP contribution in [0.25, 0.3) is 0 Å². The second-order valence-corrected chi connectivity index (χ2v) is 4.34. The summed E-state index contributed by atoms with van der Waals surface area (Å²) in [6, 6.07) is 5.39. The highest BCUT2D eigenvalue weighted by molar-refractivity contribution is 6.04. The fourth-order valence-electron chi connectivity index (χ4n) is 1.82. The molecule has 0 N–H and O–H groups in total. The van der Waals surface area contributed by atoms with E-state index in [9.17, 15) is 18.0 Å². The number of ether oxygens (including phenoxy) is 1. The van der Waals surface area contributed by atoms with Gasteiger partial charge in [-0.1, -0.05) is 19.1 Å². The number of nitrogens with zero attached hydrogens (tertiary/aromatic N) is 2. The Kier molecular flexibility index (Phi) is 3.96. The molecular weight excluding hydrogens is 273 g/mol. The summed E-state index contributed by atoms with van der Waals surface area (Å²) < 4.78 is 39.8. The first-order chi connectivity index (χ1) is 9.37. The van der Waals surface area contributed by atoms with Gasteiger partial charge in [-0.05, 0) is 24.1 Å². The normalized spacial score (nSPS) is 15.5. The average molecular weight is 286 g/mol. The SMILES string of the molecule is CCC1=NN(Cc2ccc(OC(F)(F)F)cc2)C(=O)C1. The van der Waals surface area contributed by atoms with Gasteiger partial charge in [-0.15, -0.1) is 13.2 Å². The van der Waals surface area contributed by atoms with Crippen LogP contribution >= 0.6 is 0 Å². The van der Waals surface area contributed by atoms with Gasteiger partial charge in [0.05, 0.1) is 13.0 Å². The molecule has 1 aliphatic heterocycles. The maximum absolute atomic E-state index is 12.0. The first-order valence-electron chi connectivity index (χ1n) is 6.09. The van der Waals surface area contributed by atoms with Gasteiger partial charge in [0.1, 0.15) is 5.75 Å². The molecule has 1 aromatic rings. The molecule has 1 amide bonds. The molecular formula is C13H13F3N2O2. The van der Waals surface area contributed by atoms with E-state index in [0.29, 0.717) is 18.4 Å². The second-order valence-electron chi connectivity index (χ2n) is 4.34. The third-order valence-corrected chi connectivity index (χ3v) is 2.80. The highest BCUT2D eigenvalue weighted by atomic mass is 19.4. The number of hydrogen-bond donors (Lipinski definition) is 0. The number of carbonyl (C=O) groups excluding carboxylic acids is 1. The van der Waals surface area contributed by atoms with Crippen LogP contribution in [0.5, 0.6) is 5.75 Å². The highest BCUT2D eigenvalue weighted by Crippen LogP contribution is 2.23. The minimum atomic E-state index is -4.70. The lowest BCUT2D eigenvalue weighted by Crippen LogP contribution is -2.20. The van der Waals surface area contributed by atoms with Crippen LogP contribution in [0.15, 0.2) is 29.4 Å². The van der Waals surface area contributed by atoms with Gasteiger partial charge in [0.25, 0.3) is 0 Å². The summed E-state index contributed by atoms with van der Waals surface area (Å²) in [7, 11) is 0. The van der Waals surface area contributed by atoms with Crippen molar-refractivity contribution in [1.82, 2.24) is 5.01 Å². The largest absolute Gasteiger partial charge is 0.573 e. The number of rotatable bonds is 4. The number of benzene rings is 1. The van der Waals surface area contributed by atoms with E-state index < -0.39 is 6.36 Å². The van der Waals surface area contributed by atoms with Crippen LogP contribution in [-0.2, 0) is 11.3 Å². The Hall–Kier alpha value is -2.05.